The lowest BCUT2D eigenvalue weighted by molar-refractivity contribution is 0.427. The van der Waals surface area contributed by atoms with Crippen molar-refractivity contribution in [1.29, 1.82) is 0 Å². The van der Waals surface area contributed by atoms with Gasteiger partial charge in [0.2, 0.25) is 0 Å². The molecule has 0 aliphatic rings. The summed E-state index contributed by atoms with van der Waals surface area (Å²) in [5, 5.41) is 4.58. The molecule has 0 spiro atoms. The molecule has 0 saturated heterocycles. The predicted octanol–water partition coefficient (Wildman–Crippen LogP) is 2.77. The Bertz CT molecular complexity index is 299. The molecule has 1 aromatic rings. The Morgan fingerprint density at radius 2 is 2.00 bits per heavy atom. The van der Waals surface area contributed by atoms with Crippen LogP contribution in [0.15, 0.2) is 6.20 Å². The Balaban J connectivity index is 0.00000225. The van der Waals surface area contributed by atoms with Crippen LogP contribution in [-0.2, 0) is 6.54 Å². The molecule has 16 heavy (non-hydrogen) atoms. The van der Waals surface area contributed by atoms with E-state index in [9.17, 15) is 0 Å². The highest BCUT2D eigenvalue weighted by atomic mass is 35.5. The molecule has 1 N–H and O–H groups in total. The van der Waals surface area contributed by atoms with Crippen molar-refractivity contribution in [3.63, 3.8) is 0 Å². The van der Waals surface area contributed by atoms with E-state index in [2.05, 4.69) is 31.1 Å². The maximum absolute atomic E-state index is 4.34. The first kappa shape index (κ1) is 15.7. The summed E-state index contributed by atoms with van der Waals surface area (Å²) in [4.78, 5) is 7.68. The lowest BCUT2D eigenvalue weighted by Gasteiger charge is -2.16. The van der Waals surface area contributed by atoms with Crippen LogP contribution in [0.1, 0.15) is 25.6 Å². The van der Waals surface area contributed by atoms with E-state index in [1.165, 1.54) is 4.88 Å². The predicted molar refractivity (Wildman–Crippen MR) is 74.8 cm³/mol. The average molecular weight is 264 g/mol. The summed E-state index contributed by atoms with van der Waals surface area (Å²) in [6.45, 7) is 7.61. The van der Waals surface area contributed by atoms with Crippen LogP contribution in [0, 0.1) is 5.92 Å². The smallest absolute Gasteiger partial charge is 0.185 e. The quantitative estimate of drug-likeness (QED) is 0.886. The largest absolute Gasteiger partial charge is 0.354 e. The van der Waals surface area contributed by atoms with Crippen LogP contribution in [0.2, 0.25) is 0 Å². The molecular weight excluding hydrogens is 242 g/mol. The van der Waals surface area contributed by atoms with Crippen LogP contribution in [0.4, 0.5) is 5.13 Å². The molecule has 94 valence electrons. The second-order valence-electron chi connectivity index (χ2n) is 4.42. The van der Waals surface area contributed by atoms with Crippen LogP contribution in [-0.4, -0.2) is 25.1 Å². The number of thiazole rings is 1. The van der Waals surface area contributed by atoms with E-state index in [1.54, 1.807) is 11.3 Å². The Kier molecular flexibility index (Phi) is 6.95. The molecule has 1 unspecified atom stereocenters. The van der Waals surface area contributed by atoms with Gasteiger partial charge in [0.05, 0.1) is 0 Å². The first-order valence-electron chi connectivity index (χ1n) is 5.36. The van der Waals surface area contributed by atoms with Gasteiger partial charge < -0.3 is 10.2 Å². The van der Waals surface area contributed by atoms with Gasteiger partial charge in [-0.25, -0.2) is 4.98 Å². The molecule has 1 rings (SSSR count). The van der Waals surface area contributed by atoms with Crippen molar-refractivity contribution in [2.75, 3.05) is 19.0 Å². The van der Waals surface area contributed by atoms with Gasteiger partial charge in [0.1, 0.15) is 0 Å². The zero-order chi connectivity index (χ0) is 11.4. The molecule has 0 aliphatic carbocycles. The summed E-state index contributed by atoms with van der Waals surface area (Å²) in [7, 11) is 4.04. The third-order valence-corrected chi connectivity index (χ3v) is 3.69. The number of aromatic nitrogens is 1. The Hall–Kier alpha value is -0.320. The monoisotopic (exact) mass is 263 g/mol. The molecule has 0 aliphatic heterocycles. The molecule has 0 bridgehead atoms. The highest BCUT2D eigenvalue weighted by Gasteiger charge is 2.08. The summed E-state index contributed by atoms with van der Waals surface area (Å²) in [6, 6.07) is 0.551. The van der Waals surface area contributed by atoms with E-state index in [0.29, 0.717) is 12.0 Å². The highest BCUT2D eigenvalue weighted by Crippen LogP contribution is 2.20. The molecule has 1 aromatic heterocycles. The lowest BCUT2D eigenvalue weighted by Crippen LogP contribution is -2.29. The Morgan fingerprint density at radius 1 is 1.38 bits per heavy atom. The Labute approximate surface area is 109 Å². The third-order valence-electron chi connectivity index (χ3n) is 2.52. The molecule has 0 amide bonds. The van der Waals surface area contributed by atoms with Crippen molar-refractivity contribution in [2.24, 2.45) is 5.92 Å². The van der Waals surface area contributed by atoms with Crippen molar-refractivity contribution >= 4 is 28.9 Å². The number of hydrogen-bond donors (Lipinski definition) is 1. The highest BCUT2D eigenvalue weighted by molar-refractivity contribution is 7.15. The molecule has 1 heterocycles. The normalized spacial score (nSPS) is 12.4. The average Bonchev–Trinajstić information content (AvgIpc) is 2.62. The van der Waals surface area contributed by atoms with Crippen molar-refractivity contribution < 1.29 is 0 Å². The van der Waals surface area contributed by atoms with Crippen LogP contribution >= 0.6 is 23.7 Å². The van der Waals surface area contributed by atoms with Gasteiger partial charge >= 0.3 is 0 Å². The topological polar surface area (TPSA) is 28.2 Å². The van der Waals surface area contributed by atoms with Crippen LogP contribution in [0.25, 0.3) is 0 Å². The fourth-order valence-corrected chi connectivity index (χ4v) is 1.87. The second-order valence-corrected chi connectivity index (χ2v) is 5.51. The molecule has 3 nitrogen and oxygen atoms in total. The van der Waals surface area contributed by atoms with Gasteiger partial charge in [-0.15, -0.1) is 23.7 Å². The summed E-state index contributed by atoms with van der Waals surface area (Å²) in [6.07, 6.45) is 1.96. The first-order valence-corrected chi connectivity index (χ1v) is 6.17. The molecule has 1 atom stereocenters. The minimum atomic E-state index is 0. The fraction of sp³-hybridized carbons (Fsp3) is 0.727. The standard InChI is InChI=1S/C11H21N3S.ClH/c1-8(2)9(3)12-6-10-7-13-11(15-10)14(4)5;/h7-9,12H,6H2,1-5H3;1H. The molecule has 0 radical (unpaired) electrons. The zero-order valence-electron chi connectivity index (χ0n) is 10.7. The van der Waals surface area contributed by atoms with Crippen molar-refractivity contribution in [1.82, 2.24) is 10.3 Å². The number of halogens is 1. The van der Waals surface area contributed by atoms with Crippen LogP contribution in [0.3, 0.4) is 0 Å². The number of nitrogens with one attached hydrogen (secondary N) is 1. The van der Waals surface area contributed by atoms with Gasteiger partial charge in [0, 0.05) is 37.8 Å². The minimum absolute atomic E-state index is 0. The number of anilines is 1. The number of rotatable bonds is 5. The zero-order valence-corrected chi connectivity index (χ0v) is 12.3. The molecular formula is C11H22ClN3S. The van der Waals surface area contributed by atoms with Gasteiger partial charge in [-0.3, -0.25) is 0 Å². The van der Waals surface area contributed by atoms with Crippen LogP contribution < -0.4 is 10.2 Å². The van der Waals surface area contributed by atoms with E-state index >= 15 is 0 Å². The van der Waals surface area contributed by atoms with Gasteiger partial charge in [-0.2, -0.15) is 0 Å². The van der Waals surface area contributed by atoms with Gasteiger partial charge in [-0.1, -0.05) is 13.8 Å². The van der Waals surface area contributed by atoms with Crippen LogP contribution in [0.5, 0.6) is 0 Å². The van der Waals surface area contributed by atoms with Gasteiger partial charge in [-0.05, 0) is 12.8 Å². The molecule has 0 aromatic carbocycles. The summed E-state index contributed by atoms with van der Waals surface area (Å²) < 4.78 is 0. The lowest BCUT2D eigenvalue weighted by atomic mass is 10.1. The summed E-state index contributed by atoms with van der Waals surface area (Å²) >= 11 is 1.75. The van der Waals surface area contributed by atoms with Crippen molar-refractivity contribution in [3.05, 3.63) is 11.1 Å². The molecule has 0 fully saturated rings. The van der Waals surface area contributed by atoms with Crippen molar-refractivity contribution in [2.45, 2.75) is 33.4 Å². The summed E-state index contributed by atoms with van der Waals surface area (Å²) in [5.41, 5.74) is 0. The van der Waals surface area contributed by atoms with E-state index in [1.807, 2.05) is 25.2 Å². The van der Waals surface area contributed by atoms with E-state index in [0.717, 1.165) is 11.7 Å². The summed E-state index contributed by atoms with van der Waals surface area (Å²) in [5.74, 6) is 0.672. The molecule has 5 heteroatoms. The van der Waals surface area contributed by atoms with E-state index in [4.69, 9.17) is 0 Å². The van der Waals surface area contributed by atoms with Crippen molar-refractivity contribution in [3.8, 4) is 0 Å². The maximum Gasteiger partial charge on any atom is 0.185 e. The first-order chi connectivity index (χ1) is 7.00. The van der Waals surface area contributed by atoms with Gasteiger partial charge in [0.15, 0.2) is 5.13 Å². The number of hydrogen-bond acceptors (Lipinski definition) is 4. The van der Waals surface area contributed by atoms with Gasteiger partial charge in [0.25, 0.3) is 0 Å². The second kappa shape index (κ2) is 7.09. The SMILES string of the molecule is CC(C)C(C)NCc1cnc(N(C)C)s1.Cl. The molecule has 0 saturated carbocycles. The maximum atomic E-state index is 4.34. The van der Waals surface area contributed by atoms with E-state index < -0.39 is 0 Å². The number of nitrogens with zero attached hydrogens (tertiary/aromatic N) is 2. The minimum Gasteiger partial charge on any atom is -0.354 e. The van der Waals surface area contributed by atoms with E-state index in [-0.39, 0.29) is 12.4 Å². The Morgan fingerprint density at radius 3 is 2.44 bits per heavy atom. The third kappa shape index (κ3) is 4.68. The fourth-order valence-electron chi connectivity index (χ4n) is 1.08.